The summed E-state index contributed by atoms with van der Waals surface area (Å²) in [4.78, 5) is 1.37. The van der Waals surface area contributed by atoms with Crippen molar-refractivity contribution >= 4 is 40.3 Å². The van der Waals surface area contributed by atoms with Crippen molar-refractivity contribution in [3.8, 4) is 0 Å². The number of benzene rings is 2. The Hall–Kier alpha value is -1.59. The topological polar surface area (TPSA) is 38.0 Å². The van der Waals surface area contributed by atoms with Crippen molar-refractivity contribution < 1.29 is 4.39 Å². The van der Waals surface area contributed by atoms with Crippen LogP contribution in [0.25, 0.3) is 0 Å². The summed E-state index contributed by atoms with van der Waals surface area (Å²) in [7, 11) is 0. The zero-order valence-corrected chi connectivity index (χ0v) is 13.6. The molecule has 21 heavy (non-hydrogen) atoms. The second kappa shape index (κ2) is 6.91. The van der Waals surface area contributed by atoms with E-state index in [-0.39, 0.29) is 5.82 Å². The number of nitrogens with one attached hydrogen (secondary N) is 1. The van der Waals surface area contributed by atoms with Gasteiger partial charge in [-0.1, -0.05) is 31.3 Å². The predicted molar refractivity (Wildman–Crippen MR) is 93.1 cm³/mol. The molecule has 110 valence electrons. The largest absolute Gasteiger partial charge is 0.389 e. The Morgan fingerprint density at radius 1 is 1.24 bits per heavy atom. The fraction of sp³-hybridized carbons (Fsp3) is 0.188. The van der Waals surface area contributed by atoms with Crippen LogP contribution >= 0.6 is 24.0 Å². The van der Waals surface area contributed by atoms with E-state index in [0.29, 0.717) is 16.2 Å². The van der Waals surface area contributed by atoms with E-state index >= 15 is 0 Å². The van der Waals surface area contributed by atoms with Crippen LogP contribution in [0.4, 0.5) is 15.8 Å². The van der Waals surface area contributed by atoms with Crippen molar-refractivity contribution in [2.45, 2.75) is 18.7 Å². The monoisotopic (exact) mass is 320 g/mol. The maximum Gasteiger partial charge on any atom is 0.128 e. The van der Waals surface area contributed by atoms with E-state index in [1.165, 1.54) is 6.07 Å². The normalized spacial score (nSPS) is 10.4. The number of hydrogen-bond donors (Lipinski definition) is 2. The van der Waals surface area contributed by atoms with Gasteiger partial charge in [-0.15, -0.1) is 11.8 Å². The van der Waals surface area contributed by atoms with Crippen LogP contribution in [0.2, 0.25) is 0 Å². The molecule has 0 bridgehead atoms. The number of thioether (sulfide) groups is 1. The average molecular weight is 320 g/mol. The molecule has 2 nitrogen and oxygen atoms in total. The lowest BCUT2D eigenvalue weighted by Crippen LogP contribution is -2.13. The SMILES string of the molecule is CCSc1cccc(Nc2cccc(F)c2C)c1C(N)=S. The summed E-state index contributed by atoms with van der Waals surface area (Å²) < 4.78 is 13.6. The number of hydrogen-bond acceptors (Lipinski definition) is 3. The van der Waals surface area contributed by atoms with Gasteiger partial charge in [-0.25, -0.2) is 4.39 Å². The number of thiocarbonyl (C=S) groups is 1. The van der Waals surface area contributed by atoms with Gasteiger partial charge in [0.05, 0.1) is 0 Å². The third-order valence-electron chi connectivity index (χ3n) is 3.11. The van der Waals surface area contributed by atoms with Gasteiger partial charge >= 0.3 is 0 Å². The first kappa shape index (κ1) is 15.8. The quantitative estimate of drug-likeness (QED) is 0.622. The highest BCUT2D eigenvalue weighted by Gasteiger charge is 2.12. The van der Waals surface area contributed by atoms with E-state index in [0.717, 1.165) is 21.9 Å². The maximum atomic E-state index is 13.6. The summed E-state index contributed by atoms with van der Waals surface area (Å²) >= 11 is 6.86. The molecular formula is C16H17FN2S2. The van der Waals surface area contributed by atoms with Crippen molar-refractivity contribution in [1.29, 1.82) is 0 Å². The average Bonchev–Trinajstić information content (AvgIpc) is 2.44. The van der Waals surface area contributed by atoms with Crippen LogP contribution in [0.1, 0.15) is 18.1 Å². The second-order valence-electron chi connectivity index (χ2n) is 4.51. The van der Waals surface area contributed by atoms with Gasteiger partial charge in [0.1, 0.15) is 10.8 Å². The first-order valence-corrected chi connectivity index (χ1v) is 8.01. The van der Waals surface area contributed by atoms with Crippen LogP contribution in [0.3, 0.4) is 0 Å². The zero-order valence-electron chi connectivity index (χ0n) is 11.9. The fourth-order valence-corrected chi connectivity index (χ4v) is 3.19. The van der Waals surface area contributed by atoms with Crippen molar-refractivity contribution in [3.63, 3.8) is 0 Å². The standard InChI is InChI=1S/C16H17FN2S2/c1-3-21-14-9-5-8-13(15(14)16(18)20)19-12-7-4-6-11(17)10(12)2/h4-9,19H,3H2,1-2H3,(H2,18,20). The lowest BCUT2D eigenvalue weighted by Gasteiger charge is -2.16. The van der Waals surface area contributed by atoms with Gasteiger partial charge in [-0.2, -0.15) is 0 Å². The Morgan fingerprint density at radius 3 is 2.57 bits per heavy atom. The van der Waals surface area contributed by atoms with Crippen molar-refractivity contribution in [2.24, 2.45) is 5.73 Å². The first-order chi connectivity index (χ1) is 10.0. The molecule has 0 radical (unpaired) electrons. The molecule has 0 saturated carbocycles. The number of halogens is 1. The molecule has 3 N–H and O–H groups in total. The number of nitrogens with two attached hydrogens (primary N) is 1. The summed E-state index contributed by atoms with van der Waals surface area (Å²) in [6.45, 7) is 3.81. The van der Waals surface area contributed by atoms with Gasteiger partial charge in [-0.3, -0.25) is 0 Å². The highest BCUT2D eigenvalue weighted by Crippen LogP contribution is 2.31. The molecule has 0 amide bonds. The maximum absolute atomic E-state index is 13.6. The minimum atomic E-state index is -0.240. The third kappa shape index (κ3) is 3.54. The predicted octanol–water partition coefficient (Wildman–Crippen LogP) is 4.62. The van der Waals surface area contributed by atoms with Gasteiger partial charge in [0.2, 0.25) is 0 Å². The molecular weight excluding hydrogens is 303 g/mol. The molecule has 0 heterocycles. The molecule has 0 aliphatic heterocycles. The van der Waals surface area contributed by atoms with Gasteiger partial charge < -0.3 is 11.1 Å². The molecule has 0 aliphatic carbocycles. The molecule has 0 aromatic heterocycles. The molecule has 0 aliphatic rings. The molecule has 2 aromatic rings. The van der Waals surface area contributed by atoms with E-state index in [2.05, 4.69) is 12.2 Å². The molecule has 0 spiro atoms. The van der Waals surface area contributed by atoms with Crippen molar-refractivity contribution in [3.05, 3.63) is 53.3 Å². The Balaban J connectivity index is 2.46. The van der Waals surface area contributed by atoms with Crippen LogP contribution in [0, 0.1) is 12.7 Å². The van der Waals surface area contributed by atoms with Crippen LogP contribution in [-0.2, 0) is 0 Å². The molecule has 2 rings (SSSR count). The molecule has 0 fully saturated rings. The Kier molecular flexibility index (Phi) is 5.20. The van der Waals surface area contributed by atoms with Gasteiger partial charge in [-0.05, 0) is 36.9 Å². The van der Waals surface area contributed by atoms with E-state index in [9.17, 15) is 4.39 Å². The van der Waals surface area contributed by atoms with Gasteiger partial charge in [0.15, 0.2) is 0 Å². The number of anilines is 2. The minimum absolute atomic E-state index is 0.240. The highest BCUT2D eigenvalue weighted by molar-refractivity contribution is 7.99. The van der Waals surface area contributed by atoms with E-state index < -0.39 is 0 Å². The lowest BCUT2D eigenvalue weighted by atomic mass is 10.1. The van der Waals surface area contributed by atoms with Gasteiger partial charge in [0, 0.05) is 27.4 Å². The number of rotatable bonds is 5. The van der Waals surface area contributed by atoms with Crippen molar-refractivity contribution in [1.82, 2.24) is 0 Å². The van der Waals surface area contributed by atoms with Crippen LogP contribution in [-0.4, -0.2) is 10.7 Å². The summed E-state index contributed by atoms with van der Waals surface area (Å²) in [5.41, 5.74) is 8.76. The summed E-state index contributed by atoms with van der Waals surface area (Å²) in [6.07, 6.45) is 0. The highest BCUT2D eigenvalue weighted by atomic mass is 32.2. The zero-order chi connectivity index (χ0) is 15.4. The third-order valence-corrected chi connectivity index (χ3v) is 4.25. The van der Waals surface area contributed by atoms with Crippen LogP contribution in [0.5, 0.6) is 0 Å². The molecule has 2 aromatic carbocycles. The van der Waals surface area contributed by atoms with E-state index in [1.54, 1.807) is 24.8 Å². The van der Waals surface area contributed by atoms with Crippen LogP contribution in [0.15, 0.2) is 41.3 Å². The van der Waals surface area contributed by atoms with Crippen LogP contribution < -0.4 is 11.1 Å². The van der Waals surface area contributed by atoms with E-state index in [4.69, 9.17) is 18.0 Å². The summed E-state index contributed by atoms with van der Waals surface area (Å²) in [5, 5.41) is 3.24. The van der Waals surface area contributed by atoms with Crippen molar-refractivity contribution in [2.75, 3.05) is 11.1 Å². The Morgan fingerprint density at radius 2 is 1.90 bits per heavy atom. The molecule has 5 heteroatoms. The van der Waals surface area contributed by atoms with E-state index in [1.807, 2.05) is 24.3 Å². The Bertz CT molecular complexity index is 671. The fourth-order valence-electron chi connectivity index (χ4n) is 2.05. The Labute approximate surface area is 133 Å². The molecule has 0 saturated heterocycles. The molecule has 0 atom stereocenters. The molecule has 0 unspecified atom stereocenters. The first-order valence-electron chi connectivity index (χ1n) is 6.62. The smallest absolute Gasteiger partial charge is 0.128 e. The van der Waals surface area contributed by atoms with Gasteiger partial charge in [0.25, 0.3) is 0 Å². The summed E-state index contributed by atoms with van der Waals surface area (Å²) in [6, 6.07) is 10.8. The minimum Gasteiger partial charge on any atom is -0.389 e. The second-order valence-corrected chi connectivity index (χ2v) is 6.26. The lowest BCUT2D eigenvalue weighted by molar-refractivity contribution is 0.619. The summed E-state index contributed by atoms with van der Waals surface area (Å²) in [5.74, 6) is 0.689.